The molecule has 38 heavy (non-hydrogen) atoms. The van der Waals surface area contributed by atoms with Gasteiger partial charge < -0.3 is 19.3 Å². The first-order valence-corrected chi connectivity index (χ1v) is 12.9. The van der Waals surface area contributed by atoms with Gasteiger partial charge in [0, 0.05) is 55.5 Å². The van der Waals surface area contributed by atoms with E-state index in [9.17, 15) is 31.1 Å². The van der Waals surface area contributed by atoms with Gasteiger partial charge in [0.25, 0.3) is 6.10 Å². The molecule has 0 aromatic heterocycles. The number of amides is 1. The average molecular weight is 572 g/mol. The van der Waals surface area contributed by atoms with Crippen LogP contribution in [0.3, 0.4) is 0 Å². The molecule has 6 nitrogen and oxygen atoms in total. The zero-order valence-electron chi connectivity index (χ0n) is 21.3. The standard InChI is InChI=1S/C25H32ClF6N3O3/c1-22(2)15-23(5-7-34(8-6-23)21(36)38-20(24(27,28)29)25(30,31)32)16-35(22)14-17-3-4-18(26)13-19(17)33-9-11-37-12-10-33/h3-4,13,20H,5-12,14-16H2,1-2H3. The van der Waals surface area contributed by atoms with Gasteiger partial charge in [0.1, 0.15) is 0 Å². The molecule has 1 amide bonds. The second kappa shape index (κ2) is 10.6. The van der Waals surface area contributed by atoms with Crippen LogP contribution in [0.4, 0.5) is 36.8 Å². The number of hydrogen-bond acceptors (Lipinski definition) is 5. The minimum atomic E-state index is -5.73. The Morgan fingerprint density at radius 2 is 1.66 bits per heavy atom. The number of carbonyl (C=O) groups is 1. The number of piperidine rings is 1. The third-order valence-corrected chi connectivity index (χ3v) is 8.08. The van der Waals surface area contributed by atoms with Crippen molar-refractivity contribution in [2.24, 2.45) is 5.41 Å². The fourth-order valence-electron chi connectivity index (χ4n) is 5.94. The van der Waals surface area contributed by atoms with Gasteiger partial charge in [-0.1, -0.05) is 17.7 Å². The SMILES string of the molecule is CC1(C)CC2(CCN(C(=O)OC(C(F)(F)F)C(F)(F)F)CC2)CN1Cc1ccc(Cl)cc1N1CCOCC1. The minimum absolute atomic E-state index is 0.0329. The molecule has 0 N–H and O–H groups in total. The molecule has 0 saturated carbocycles. The molecule has 0 radical (unpaired) electrons. The van der Waals surface area contributed by atoms with Crippen molar-refractivity contribution >= 4 is 23.4 Å². The van der Waals surface area contributed by atoms with Crippen LogP contribution < -0.4 is 4.90 Å². The van der Waals surface area contributed by atoms with Crippen molar-refractivity contribution in [3.63, 3.8) is 0 Å². The summed E-state index contributed by atoms with van der Waals surface area (Å²) < 4.78 is 86.3. The van der Waals surface area contributed by atoms with Gasteiger partial charge in [-0.2, -0.15) is 26.3 Å². The number of likely N-dealkylation sites (tertiary alicyclic amines) is 2. The Hall–Kier alpha value is -1.92. The molecule has 0 unspecified atom stereocenters. The van der Waals surface area contributed by atoms with Crippen LogP contribution in [0.2, 0.25) is 5.02 Å². The van der Waals surface area contributed by atoms with Crippen molar-refractivity contribution in [1.29, 1.82) is 0 Å². The normalized spacial score (nSPS) is 22.4. The van der Waals surface area contributed by atoms with Crippen molar-refractivity contribution in [3.05, 3.63) is 28.8 Å². The van der Waals surface area contributed by atoms with Gasteiger partial charge in [-0.25, -0.2) is 4.79 Å². The van der Waals surface area contributed by atoms with Gasteiger partial charge in [0.05, 0.1) is 13.2 Å². The number of ether oxygens (including phenoxy) is 2. The second-order valence-corrected chi connectivity index (χ2v) is 11.5. The van der Waals surface area contributed by atoms with E-state index in [0.29, 0.717) is 44.2 Å². The maximum atomic E-state index is 12.8. The molecule has 4 rings (SSSR count). The third kappa shape index (κ3) is 6.44. The Kier molecular flexibility index (Phi) is 8.09. The Morgan fingerprint density at radius 3 is 2.24 bits per heavy atom. The van der Waals surface area contributed by atoms with Gasteiger partial charge in [-0.3, -0.25) is 4.90 Å². The van der Waals surface area contributed by atoms with E-state index in [-0.39, 0.29) is 24.0 Å². The summed E-state index contributed by atoms with van der Waals surface area (Å²) >= 11 is 6.31. The largest absolute Gasteiger partial charge is 0.434 e. The van der Waals surface area contributed by atoms with Gasteiger partial charge >= 0.3 is 18.4 Å². The predicted molar refractivity (Wildman–Crippen MR) is 129 cm³/mol. The van der Waals surface area contributed by atoms with E-state index in [1.54, 1.807) is 0 Å². The highest BCUT2D eigenvalue weighted by Gasteiger charge is 2.60. The lowest BCUT2D eigenvalue weighted by molar-refractivity contribution is -0.308. The maximum Gasteiger partial charge on any atom is 0.434 e. The van der Waals surface area contributed by atoms with E-state index in [2.05, 4.69) is 28.4 Å². The first-order valence-electron chi connectivity index (χ1n) is 12.5. The molecule has 3 fully saturated rings. The summed E-state index contributed by atoms with van der Waals surface area (Å²) in [7, 11) is 0. The summed E-state index contributed by atoms with van der Waals surface area (Å²) in [6, 6.07) is 5.84. The van der Waals surface area contributed by atoms with Gasteiger partial charge in [0.2, 0.25) is 0 Å². The molecule has 0 atom stereocenters. The number of benzene rings is 1. The molecule has 13 heteroatoms. The van der Waals surface area contributed by atoms with Gasteiger partial charge in [0.15, 0.2) is 0 Å². The smallest absolute Gasteiger partial charge is 0.426 e. The summed E-state index contributed by atoms with van der Waals surface area (Å²) in [5.74, 6) is 0. The number of rotatable bonds is 4. The van der Waals surface area contributed by atoms with E-state index in [1.165, 1.54) is 0 Å². The van der Waals surface area contributed by atoms with E-state index < -0.39 is 24.5 Å². The van der Waals surface area contributed by atoms with Crippen LogP contribution in [-0.2, 0) is 16.0 Å². The van der Waals surface area contributed by atoms with E-state index in [1.807, 2.05) is 18.2 Å². The van der Waals surface area contributed by atoms with Crippen LogP contribution in [0, 0.1) is 5.41 Å². The Morgan fingerprint density at radius 1 is 1.05 bits per heavy atom. The number of carbonyl (C=O) groups excluding carboxylic acids is 1. The number of morpholine rings is 1. The molecule has 214 valence electrons. The lowest BCUT2D eigenvalue weighted by Crippen LogP contribution is -2.50. The van der Waals surface area contributed by atoms with Crippen molar-refractivity contribution < 1.29 is 40.6 Å². The molecule has 0 bridgehead atoms. The average Bonchev–Trinajstić information content (AvgIpc) is 3.06. The monoisotopic (exact) mass is 571 g/mol. The molecule has 3 saturated heterocycles. The van der Waals surface area contributed by atoms with E-state index in [4.69, 9.17) is 16.3 Å². The second-order valence-electron chi connectivity index (χ2n) is 11.1. The molecule has 1 aromatic rings. The molecule has 0 aliphatic carbocycles. The summed E-state index contributed by atoms with van der Waals surface area (Å²) in [4.78, 5) is 17.8. The zero-order chi connectivity index (χ0) is 27.9. The lowest BCUT2D eigenvalue weighted by Gasteiger charge is -2.39. The summed E-state index contributed by atoms with van der Waals surface area (Å²) in [5.41, 5.74) is 1.76. The van der Waals surface area contributed by atoms with Crippen LogP contribution in [0.25, 0.3) is 0 Å². The first kappa shape index (κ1) is 29.1. The highest BCUT2D eigenvalue weighted by molar-refractivity contribution is 6.30. The molecular weight excluding hydrogens is 540 g/mol. The van der Waals surface area contributed by atoms with E-state index in [0.717, 1.165) is 35.7 Å². The van der Waals surface area contributed by atoms with Crippen molar-refractivity contribution in [2.75, 3.05) is 50.8 Å². The van der Waals surface area contributed by atoms with Gasteiger partial charge in [-0.15, -0.1) is 0 Å². The van der Waals surface area contributed by atoms with Crippen LogP contribution in [0.5, 0.6) is 0 Å². The molecule has 3 heterocycles. The maximum absolute atomic E-state index is 12.8. The molecule has 3 aliphatic heterocycles. The summed E-state index contributed by atoms with van der Waals surface area (Å²) in [5, 5.41) is 0.643. The Balaban J connectivity index is 1.42. The van der Waals surface area contributed by atoms with Gasteiger partial charge in [-0.05, 0) is 56.2 Å². The molecule has 1 spiro atoms. The fourth-order valence-corrected chi connectivity index (χ4v) is 6.11. The highest BCUT2D eigenvalue weighted by atomic mass is 35.5. The number of anilines is 1. The first-order chi connectivity index (χ1) is 17.6. The fraction of sp³-hybridized carbons (Fsp3) is 0.720. The number of halogens is 7. The molecule has 1 aromatic carbocycles. The van der Waals surface area contributed by atoms with E-state index >= 15 is 0 Å². The third-order valence-electron chi connectivity index (χ3n) is 7.85. The summed E-state index contributed by atoms with van der Waals surface area (Å²) in [6.07, 6.45) is -15.5. The number of hydrogen-bond donors (Lipinski definition) is 0. The van der Waals surface area contributed by atoms with Crippen molar-refractivity contribution in [3.8, 4) is 0 Å². The van der Waals surface area contributed by atoms with Crippen LogP contribution in [0.1, 0.15) is 38.7 Å². The molecular formula is C25H32ClF6N3O3. The number of nitrogens with zero attached hydrogens (tertiary/aromatic N) is 3. The summed E-state index contributed by atoms with van der Waals surface area (Å²) in [6.45, 7) is 8.47. The molecule has 3 aliphatic rings. The zero-order valence-corrected chi connectivity index (χ0v) is 22.1. The van der Waals surface area contributed by atoms with Crippen LogP contribution in [-0.4, -0.2) is 85.8 Å². The quantitative estimate of drug-likeness (QED) is 0.423. The minimum Gasteiger partial charge on any atom is -0.426 e. The Labute approximate surface area is 222 Å². The highest BCUT2D eigenvalue weighted by Crippen LogP contribution is 2.49. The predicted octanol–water partition coefficient (Wildman–Crippen LogP) is 5.87. The Bertz CT molecular complexity index is 991. The van der Waals surface area contributed by atoms with Crippen LogP contribution in [0.15, 0.2) is 18.2 Å². The van der Waals surface area contributed by atoms with Crippen LogP contribution >= 0.6 is 11.6 Å². The van der Waals surface area contributed by atoms with Crippen molar-refractivity contribution in [2.45, 2.75) is 63.7 Å². The number of alkyl halides is 6. The topological polar surface area (TPSA) is 45.2 Å². The lowest BCUT2D eigenvalue weighted by atomic mass is 9.74. The van der Waals surface area contributed by atoms with Crippen molar-refractivity contribution in [1.82, 2.24) is 9.80 Å².